The van der Waals surface area contributed by atoms with Gasteiger partial charge >= 0.3 is 0 Å². The zero-order valence-electron chi connectivity index (χ0n) is 10.4. The first-order chi connectivity index (χ1) is 8.02. The number of carbonyl (C=O) groups is 1. The van der Waals surface area contributed by atoms with Gasteiger partial charge < -0.3 is 5.32 Å². The van der Waals surface area contributed by atoms with Crippen LogP contribution in [-0.2, 0) is 0 Å². The van der Waals surface area contributed by atoms with Crippen LogP contribution in [0.1, 0.15) is 54.9 Å². The molecule has 6 heteroatoms. The van der Waals surface area contributed by atoms with E-state index < -0.39 is 0 Å². The third-order valence-corrected chi connectivity index (χ3v) is 3.29. The van der Waals surface area contributed by atoms with E-state index in [1.54, 1.807) is 0 Å². The van der Waals surface area contributed by atoms with Gasteiger partial charge in [0.1, 0.15) is 4.88 Å². The lowest BCUT2D eigenvalue weighted by atomic mass is 10.1. The maximum Gasteiger partial charge on any atom is 0.264 e. The third kappa shape index (κ3) is 4.60. The van der Waals surface area contributed by atoms with Crippen LogP contribution in [0.15, 0.2) is 0 Å². The highest BCUT2D eigenvalue weighted by Gasteiger charge is 2.17. The molecule has 0 spiro atoms. The SMILES string of the molecule is CC(Cl)CCCNC(=O)c1snnc1C(C)C. The van der Waals surface area contributed by atoms with E-state index >= 15 is 0 Å². The normalized spacial score (nSPS) is 12.8. The quantitative estimate of drug-likeness (QED) is 0.642. The predicted octanol–water partition coefficient (Wildman–Crippen LogP) is 2.80. The summed E-state index contributed by atoms with van der Waals surface area (Å²) in [7, 11) is 0. The summed E-state index contributed by atoms with van der Waals surface area (Å²) in [4.78, 5) is 12.5. The van der Waals surface area contributed by atoms with Crippen molar-refractivity contribution < 1.29 is 4.79 Å². The molecule has 1 heterocycles. The molecule has 0 bridgehead atoms. The van der Waals surface area contributed by atoms with Gasteiger partial charge in [-0.3, -0.25) is 4.79 Å². The Hall–Kier alpha value is -0.680. The van der Waals surface area contributed by atoms with Gasteiger partial charge in [0.05, 0.1) is 5.69 Å². The summed E-state index contributed by atoms with van der Waals surface area (Å²) in [5.74, 6) is 0.142. The first kappa shape index (κ1) is 14.4. The predicted molar refractivity (Wildman–Crippen MR) is 70.9 cm³/mol. The zero-order valence-corrected chi connectivity index (χ0v) is 11.9. The Morgan fingerprint density at radius 2 is 2.18 bits per heavy atom. The van der Waals surface area contributed by atoms with Gasteiger partial charge in [0.2, 0.25) is 0 Å². The van der Waals surface area contributed by atoms with Crippen LogP contribution in [0.5, 0.6) is 0 Å². The summed E-state index contributed by atoms with van der Waals surface area (Å²) < 4.78 is 3.83. The molecule has 0 aromatic carbocycles. The minimum atomic E-state index is -0.0778. The molecule has 1 N–H and O–H groups in total. The maximum absolute atomic E-state index is 11.9. The zero-order chi connectivity index (χ0) is 12.8. The van der Waals surface area contributed by atoms with Crippen LogP contribution in [0.2, 0.25) is 0 Å². The highest BCUT2D eigenvalue weighted by molar-refractivity contribution is 7.08. The summed E-state index contributed by atoms with van der Waals surface area (Å²) in [5, 5.41) is 7.00. The number of alkyl halides is 1. The minimum absolute atomic E-state index is 0.0778. The second-order valence-corrected chi connectivity index (χ2v) is 5.82. The first-order valence-electron chi connectivity index (χ1n) is 5.77. The molecule has 4 nitrogen and oxygen atoms in total. The monoisotopic (exact) mass is 275 g/mol. The number of carbonyl (C=O) groups excluding carboxylic acids is 1. The first-order valence-corrected chi connectivity index (χ1v) is 6.98. The van der Waals surface area contributed by atoms with Crippen LogP contribution in [0.4, 0.5) is 0 Å². The molecule has 0 aliphatic rings. The van der Waals surface area contributed by atoms with Crippen molar-refractivity contribution in [1.82, 2.24) is 14.9 Å². The van der Waals surface area contributed by atoms with E-state index in [1.807, 2.05) is 20.8 Å². The fourth-order valence-electron chi connectivity index (χ4n) is 1.40. The summed E-state index contributed by atoms with van der Waals surface area (Å²) in [6.45, 7) is 6.60. The molecule has 0 saturated carbocycles. The second kappa shape index (κ2) is 6.91. The highest BCUT2D eigenvalue weighted by atomic mass is 35.5. The Morgan fingerprint density at radius 3 is 2.76 bits per heavy atom. The molecule has 0 saturated heterocycles. The Balaban J connectivity index is 2.44. The fraction of sp³-hybridized carbons (Fsp3) is 0.727. The summed E-state index contributed by atoms with van der Waals surface area (Å²) in [6.07, 6.45) is 1.79. The molecule has 1 atom stereocenters. The number of aromatic nitrogens is 2. The molecule has 0 radical (unpaired) electrons. The molecule has 1 aromatic heterocycles. The van der Waals surface area contributed by atoms with Gasteiger partial charge in [-0.15, -0.1) is 16.7 Å². The van der Waals surface area contributed by atoms with E-state index in [2.05, 4.69) is 14.9 Å². The fourth-order valence-corrected chi connectivity index (χ4v) is 2.29. The van der Waals surface area contributed by atoms with E-state index in [0.29, 0.717) is 11.4 Å². The molecule has 96 valence electrons. The number of nitrogens with zero attached hydrogens (tertiary/aromatic N) is 2. The van der Waals surface area contributed by atoms with Gasteiger partial charge in [0.25, 0.3) is 5.91 Å². The lowest BCUT2D eigenvalue weighted by molar-refractivity contribution is 0.0955. The Bertz CT molecular complexity index is 365. The number of hydrogen-bond donors (Lipinski definition) is 1. The van der Waals surface area contributed by atoms with Crippen LogP contribution >= 0.6 is 23.1 Å². The molecular weight excluding hydrogens is 258 g/mol. The van der Waals surface area contributed by atoms with Crippen LogP contribution in [0.25, 0.3) is 0 Å². The standard InChI is InChI=1S/C11H18ClN3OS/c1-7(2)9-10(17-15-14-9)11(16)13-6-4-5-8(3)12/h7-8H,4-6H2,1-3H3,(H,13,16). The smallest absolute Gasteiger partial charge is 0.264 e. The van der Waals surface area contributed by atoms with E-state index in [-0.39, 0.29) is 17.2 Å². The Kier molecular flexibility index (Phi) is 5.85. The molecular formula is C11H18ClN3OS. The van der Waals surface area contributed by atoms with Crippen LogP contribution in [0, 0.1) is 0 Å². The van der Waals surface area contributed by atoms with Crippen molar-refractivity contribution in [3.63, 3.8) is 0 Å². The number of hydrogen-bond acceptors (Lipinski definition) is 4. The van der Waals surface area contributed by atoms with E-state index in [1.165, 1.54) is 0 Å². The average molecular weight is 276 g/mol. The van der Waals surface area contributed by atoms with E-state index in [9.17, 15) is 4.79 Å². The number of amides is 1. The largest absolute Gasteiger partial charge is 0.351 e. The van der Waals surface area contributed by atoms with Crippen molar-refractivity contribution in [2.45, 2.75) is 44.9 Å². The molecule has 1 aromatic rings. The summed E-state index contributed by atoms with van der Waals surface area (Å²) in [6, 6.07) is 0. The topological polar surface area (TPSA) is 54.9 Å². The van der Waals surface area contributed by atoms with Crippen molar-refractivity contribution in [2.24, 2.45) is 0 Å². The van der Waals surface area contributed by atoms with Gasteiger partial charge in [-0.05, 0) is 37.2 Å². The van der Waals surface area contributed by atoms with E-state index in [4.69, 9.17) is 11.6 Å². The minimum Gasteiger partial charge on any atom is -0.351 e. The van der Waals surface area contributed by atoms with Crippen molar-refractivity contribution in [3.8, 4) is 0 Å². The molecule has 0 aliphatic heterocycles. The lowest BCUT2D eigenvalue weighted by Crippen LogP contribution is -2.25. The molecule has 17 heavy (non-hydrogen) atoms. The molecule has 0 fully saturated rings. The molecule has 1 unspecified atom stereocenters. The van der Waals surface area contributed by atoms with E-state index in [0.717, 1.165) is 30.1 Å². The van der Waals surface area contributed by atoms with Crippen molar-refractivity contribution >= 4 is 29.0 Å². The summed E-state index contributed by atoms with van der Waals surface area (Å²) >= 11 is 6.98. The molecule has 0 aliphatic carbocycles. The maximum atomic E-state index is 11.9. The van der Waals surface area contributed by atoms with Crippen LogP contribution < -0.4 is 5.32 Å². The van der Waals surface area contributed by atoms with Gasteiger partial charge in [-0.25, -0.2) is 0 Å². The summed E-state index contributed by atoms with van der Waals surface area (Å²) in [5.41, 5.74) is 0.776. The second-order valence-electron chi connectivity index (χ2n) is 4.32. The average Bonchev–Trinajstić information content (AvgIpc) is 2.72. The Morgan fingerprint density at radius 1 is 1.47 bits per heavy atom. The van der Waals surface area contributed by atoms with Crippen molar-refractivity contribution in [3.05, 3.63) is 10.6 Å². The molecule has 1 rings (SSSR count). The van der Waals surface area contributed by atoms with Gasteiger partial charge in [-0.2, -0.15) is 0 Å². The molecule has 1 amide bonds. The highest BCUT2D eigenvalue weighted by Crippen LogP contribution is 2.19. The Labute approximate surface area is 111 Å². The van der Waals surface area contributed by atoms with Gasteiger partial charge in [0.15, 0.2) is 0 Å². The number of rotatable bonds is 6. The van der Waals surface area contributed by atoms with Crippen LogP contribution in [0.3, 0.4) is 0 Å². The lowest BCUT2D eigenvalue weighted by Gasteiger charge is -2.06. The number of nitrogens with one attached hydrogen (secondary N) is 1. The van der Waals surface area contributed by atoms with Crippen molar-refractivity contribution in [1.29, 1.82) is 0 Å². The number of halogens is 1. The van der Waals surface area contributed by atoms with Gasteiger partial charge in [0, 0.05) is 11.9 Å². The van der Waals surface area contributed by atoms with Gasteiger partial charge in [-0.1, -0.05) is 18.3 Å². The van der Waals surface area contributed by atoms with Crippen molar-refractivity contribution in [2.75, 3.05) is 6.54 Å². The third-order valence-electron chi connectivity index (χ3n) is 2.33. The van der Waals surface area contributed by atoms with Crippen LogP contribution in [-0.4, -0.2) is 27.4 Å².